The number of rotatable bonds is 5. The standard InChI is InChI=1S/C20H21N3O4S/c1-13(19(25)27-4)23-18(24)17(28-20(23)26)12-16-6-5-11-22(16)15-9-7-14(8-10-15)21(2)3/h5-13H,1-4H3/b17-12-/t13-/m1/s1. The molecule has 0 saturated carbocycles. The van der Waals surface area contributed by atoms with Crippen LogP contribution in [0.3, 0.4) is 0 Å². The number of hydrogen-bond acceptors (Lipinski definition) is 6. The highest BCUT2D eigenvalue weighted by atomic mass is 32.2. The third kappa shape index (κ3) is 3.68. The Morgan fingerprint density at radius 2 is 1.86 bits per heavy atom. The molecule has 0 bridgehead atoms. The quantitative estimate of drug-likeness (QED) is 0.568. The van der Waals surface area contributed by atoms with Gasteiger partial charge in [0.2, 0.25) is 0 Å². The van der Waals surface area contributed by atoms with Gasteiger partial charge in [0.05, 0.1) is 12.0 Å². The molecule has 8 heteroatoms. The predicted octanol–water partition coefficient (Wildman–Crippen LogP) is 3.14. The molecule has 7 nitrogen and oxygen atoms in total. The summed E-state index contributed by atoms with van der Waals surface area (Å²) in [7, 11) is 5.17. The van der Waals surface area contributed by atoms with Crippen molar-refractivity contribution in [3.63, 3.8) is 0 Å². The van der Waals surface area contributed by atoms with E-state index in [2.05, 4.69) is 4.74 Å². The fourth-order valence-corrected chi connectivity index (χ4v) is 3.78. The number of methoxy groups -OCH3 is 1. The molecule has 2 amide bonds. The van der Waals surface area contributed by atoms with Crippen LogP contribution < -0.4 is 4.90 Å². The summed E-state index contributed by atoms with van der Waals surface area (Å²) in [5.41, 5.74) is 2.77. The first kappa shape index (κ1) is 19.8. The van der Waals surface area contributed by atoms with E-state index in [1.54, 1.807) is 6.08 Å². The second-order valence-corrected chi connectivity index (χ2v) is 7.46. The SMILES string of the molecule is COC(=O)[C@@H](C)N1C(=O)S/C(=C\c2cccn2-c2ccc(N(C)C)cc2)C1=O. The summed E-state index contributed by atoms with van der Waals surface area (Å²) in [6.45, 7) is 1.47. The summed E-state index contributed by atoms with van der Waals surface area (Å²) >= 11 is 0.817. The van der Waals surface area contributed by atoms with Gasteiger partial charge in [0, 0.05) is 37.4 Å². The van der Waals surface area contributed by atoms with Crippen LogP contribution in [0.25, 0.3) is 11.8 Å². The van der Waals surface area contributed by atoms with E-state index in [4.69, 9.17) is 0 Å². The third-order valence-corrected chi connectivity index (χ3v) is 5.34. The number of benzene rings is 1. The number of ether oxygens (including phenoxy) is 1. The van der Waals surface area contributed by atoms with E-state index in [0.717, 1.165) is 33.7 Å². The molecular formula is C20H21N3O4S. The lowest BCUT2D eigenvalue weighted by atomic mass is 10.2. The van der Waals surface area contributed by atoms with Crippen LogP contribution in [-0.2, 0) is 14.3 Å². The lowest BCUT2D eigenvalue weighted by Crippen LogP contribution is -2.42. The first-order chi connectivity index (χ1) is 13.3. The Bertz CT molecular complexity index is 947. The summed E-state index contributed by atoms with van der Waals surface area (Å²) in [4.78, 5) is 39.9. The van der Waals surface area contributed by atoms with Crippen molar-refractivity contribution < 1.29 is 19.1 Å². The summed E-state index contributed by atoms with van der Waals surface area (Å²) in [5.74, 6) is -1.13. The molecule has 28 heavy (non-hydrogen) atoms. The van der Waals surface area contributed by atoms with E-state index in [9.17, 15) is 14.4 Å². The smallest absolute Gasteiger partial charge is 0.328 e. The van der Waals surface area contributed by atoms with Gasteiger partial charge in [-0.1, -0.05) is 0 Å². The lowest BCUT2D eigenvalue weighted by molar-refractivity contribution is -0.148. The van der Waals surface area contributed by atoms with E-state index in [0.29, 0.717) is 0 Å². The molecule has 1 aliphatic heterocycles. The van der Waals surface area contributed by atoms with Crippen molar-refractivity contribution in [2.75, 3.05) is 26.1 Å². The Morgan fingerprint density at radius 3 is 2.46 bits per heavy atom. The van der Waals surface area contributed by atoms with Gasteiger partial charge in [0.1, 0.15) is 6.04 Å². The average Bonchev–Trinajstić information content (AvgIpc) is 3.25. The minimum absolute atomic E-state index is 0.269. The molecule has 0 spiro atoms. The summed E-state index contributed by atoms with van der Waals surface area (Å²) in [6, 6.07) is 10.7. The Labute approximate surface area is 167 Å². The first-order valence-corrected chi connectivity index (χ1v) is 9.45. The van der Waals surface area contributed by atoms with Crippen molar-refractivity contribution in [2.24, 2.45) is 0 Å². The van der Waals surface area contributed by atoms with Crippen molar-refractivity contribution in [1.29, 1.82) is 0 Å². The van der Waals surface area contributed by atoms with Gasteiger partial charge in [-0.3, -0.25) is 14.5 Å². The maximum Gasteiger partial charge on any atom is 0.328 e. The third-order valence-electron chi connectivity index (χ3n) is 4.46. The van der Waals surface area contributed by atoms with Gasteiger partial charge in [-0.2, -0.15) is 0 Å². The fourth-order valence-electron chi connectivity index (χ4n) is 2.88. The number of thioether (sulfide) groups is 1. The predicted molar refractivity (Wildman–Crippen MR) is 109 cm³/mol. The molecule has 1 atom stereocenters. The van der Waals surface area contributed by atoms with Gasteiger partial charge in [-0.15, -0.1) is 0 Å². The molecule has 1 aliphatic rings. The minimum Gasteiger partial charge on any atom is -0.467 e. The number of imide groups is 1. The van der Waals surface area contributed by atoms with Crippen LogP contribution >= 0.6 is 11.8 Å². The number of carbonyl (C=O) groups is 3. The zero-order valence-electron chi connectivity index (χ0n) is 16.1. The maximum absolute atomic E-state index is 12.7. The van der Waals surface area contributed by atoms with Crippen molar-refractivity contribution >= 4 is 40.6 Å². The number of anilines is 1. The van der Waals surface area contributed by atoms with Gasteiger partial charge in [-0.25, -0.2) is 4.79 Å². The first-order valence-electron chi connectivity index (χ1n) is 8.63. The number of nitrogens with zero attached hydrogens (tertiary/aromatic N) is 3. The Balaban J connectivity index is 1.89. The Morgan fingerprint density at radius 1 is 1.18 bits per heavy atom. The largest absolute Gasteiger partial charge is 0.467 e. The Kier molecular flexibility index (Phi) is 5.60. The van der Waals surface area contributed by atoms with Crippen LogP contribution in [0.1, 0.15) is 12.6 Å². The number of hydrogen-bond donors (Lipinski definition) is 0. The van der Waals surface area contributed by atoms with Crippen molar-refractivity contribution in [2.45, 2.75) is 13.0 Å². The normalized spacial score (nSPS) is 16.6. The van der Waals surface area contributed by atoms with Gasteiger partial charge < -0.3 is 14.2 Å². The summed E-state index contributed by atoms with van der Waals surface area (Å²) < 4.78 is 6.57. The van der Waals surface area contributed by atoms with Gasteiger partial charge in [-0.05, 0) is 61.2 Å². The molecule has 2 aromatic rings. The fraction of sp³-hybridized carbons (Fsp3) is 0.250. The number of amides is 2. The molecular weight excluding hydrogens is 378 g/mol. The summed E-state index contributed by atoms with van der Waals surface area (Å²) in [5, 5.41) is -0.484. The van der Waals surface area contributed by atoms with E-state index in [1.807, 2.05) is 66.2 Å². The van der Waals surface area contributed by atoms with Crippen LogP contribution in [0.2, 0.25) is 0 Å². The second kappa shape index (κ2) is 7.93. The summed E-state index contributed by atoms with van der Waals surface area (Å²) in [6.07, 6.45) is 3.55. The van der Waals surface area contributed by atoms with Crippen LogP contribution in [0.5, 0.6) is 0 Å². The van der Waals surface area contributed by atoms with E-state index in [-0.39, 0.29) is 4.91 Å². The molecule has 1 fully saturated rings. The molecule has 3 rings (SSSR count). The molecule has 1 saturated heterocycles. The van der Waals surface area contributed by atoms with Crippen LogP contribution in [0.4, 0.5) is 10.5 Å². The highest BCUT2D eigenvalue weighted by Gasteiger charge is 2.41. The van der Waals surface area contributed by atoms with Gasteiger partial charge >= 0.3 is 5.97 Å². The van der Waals surface area contributed by atoms with Crippen molar-refractivity contribution in [3.05, 3.63) is 53.2 Å². The molecule has 146 valence electrons. The molecule has 1 aromatic carbocycles. The van der Waals surface area contributed by atoms with Crippen molar-refractivity contribution in [1.82, 2.24) is 9.47 Å². The molecule has 0 N–H and O–H groups in total. The molecule has 0 radical (unpaired) electrons. The zero-order chi connectivity index (χ0) is 20.4. The molecule has 0 unspecified atom stereocenters. The van der Waals surface area contributed by atoms with Crippen LogP contribution in [-0.4, -0.2) is 53.8 Å². The molecule has 2 heterocycles. The molecule has 1 aromatic heterocycles. The second-order valence-electron chi connectivity index (χ2n) is 6.46. The Hall–Kier alpha value is -3.00. The highest BCUT2D eigenvalue weighted by molar-refractivity contribution is 8.18. The highest BCUT2D eigenvalue weighted by Crippen LogP contribution is 2.34. The topological polar surface area (TPSA) is 71.8 Å². The number of carbonyl (C=O) groups excluding carboxylic acids is 3. The maximum atomic E-state index is 12.7. The number of esters is 1. The van der Waals surface area contributed by atoms with Gasteiger partial charge in [0.15, 0.2) is 0 Å². The number of aromatic nitrogens is 1. The average molecular weight is 399 g/mol. The van der Waals surface area contributed by atoms with Crippen LogP contribution in [0.15, 0.2) is 47.5 Å². The van der Waals surface area contributed by atoms with Crippen molar-refractivity contribution in [3.8, 4) is 5.69 Å². The molecule has 0 aliphatic carbocycles. The van der Waals surface area contributed by atoms with Gasteiger partial charge in [0.25, 0.3) is 11.1 Å². The lowest BCUT2D eigenvalue weighted by Gasteiger charge is -2.18. The van der Waals surface area contributed by atoms with E-state index in [1.165, 1.54) is 14.0 Å². The minimum atomic E-state index is -0.964. The van der Waals surface area contributed by atoms with E-state index >= 15 is 0 Å². The van der Waals surface area contributed by atoms with E-state index < -0.39 is 23.2 Å². The zero-order valence-corrected chi connectivity index (χ0v) is 16.9. The van der Waals surface area contributed by atoms with Crippen LogP contribution in [0, 0.1) is 0 Å². The monoisotopic (exact) mass is 399 g/mol.